The van der Waals surface area contributed by atoms with E-state index in [1.165, 1.54) is 0 Å². The van der Waals surface area contributed by atoms with Gasteiger partial charge in [0.25, 0.3) is 0 Å². The monoisotopic (exact) mass is 520 g/mol. The number of carbonyl (C=O) groups excluding carboxylic acids is 2. The predicted molar refractivity (Wildman–Crippen MR) is 123 cm³/mol. The minimum atomic E-state index is -4.57. The summed E-state index contributed by atoms with van der Waals surface area (Å²) in [5.74, 6) is -1.51. The number of carbonyl (C=O) groups is 2. The van der Waals surface area contributed by atoms with Crippen LogP contribution in [0.2, 0.25) is 0 Å². The topological polar surface area (TPSA) is 124 Å². The van der Waals surface area contributed by atoms with Crippen molar-refractivity contribution in [2.75, 3.05) is 0 Å². The van der Waals surface area contributed by atoms with Crippen molar-refractivity contribution >= 4 is 22.1 Å². The first kappa shape index (κ1) is 39.1. The quantitative estimate of drug-likeness (QED) is 0.0588. The zero-order chi connectivity index (χ0) is 24.2. The molecule has 0 radical (unpaired) electrons. The van der Waals surface area contributed by atoms with Gasteiger partial charge in [-0.25, -0.2) is 8.42 Å². The van der Waals surface area contributed by atoms with Crippen LogP contribution >= 0.6 is 0 Å². The number of ether oxygens (including phenoxy) is 1. The van der Waals surface area contributed by atoms with Crippen molar-refractivity contribution in [1.82, 2.24) is 0 Å². The third-order valence-electron chi connectivity index (χ3n) is 5.49. The fourth-order valence-corrected chi connectivity index (χ4v) is 4.66. The van der Waals surface area contributed by atoms with Gasteiger partial charge in [0.1, 0.15) is 16.2 Å². The van der Waals surface area contributed by atoms with E-state index in [2.05, 4.69) is 19.1 Å². The zero-order valence-electron chi connectivity index (χ0n) is 21.9. The third-order valence-corrected chi connectivity index (χ3v) is 6.87. The van der Waals surface area contributed by atoms with E-state index < -0.39 is 33.4 Å². The summed E-state index contributed by atoms with van der Waals surface area (Å²) in [6.45, 7) is 3.72. The van der Waals surface area contributed by atoms with Crippen molar-refractivity contribution in [3.05, 3.63) is 12.2 Å². The molecule has 0 saturated carbocycles. The predicted octanol–water partition coefficient (Wildman–Crippen LogP) is -1.59. The Hall–Kier alpha value is 0.590. The minimum Gasteiger partial charge on any atom is -0.748 e. The molecule has 0 aliphatic rings. The molecule has 2 atom stereocenters. The van der Waals surface area contributed by atoms with Gasteiger partial charge in [-0.1, -0.05) is 64.5 Å². The van der Waals surface area contributed by atoms with Crippen LogP contribution in [0.15, 0.2) is 12.2 Å². The average molecular weight is 521 g/mol. The first-order valence-electron chi connectivity index (χ1n) is 12.2. The molecule has 0 bridgehead atoms. The van der Waals surface area contributed by atoms with E-state index >= 15 is 0 Å². The number of allylic oxidation sites excluding steroid dienone is 2. The Bertz CT molecular complexity index is 639. The number of carboxylic acid groups (broad SMARTS) is 1. The van der Waals surface area contributed by atoms with Gasteiger partial charge < -0.3 is 19.2 Å². The molecule has 0 N–H and O–H groups in total. The van der Waals surface area contributed by atoms with Gasteiger partial charge in [0, 0.05) is 12.4 Å². The number of rotatable bonds is 21. The summed E-state index contributed by atoms with van der Waals surface area (Å²) in [6, 6.07) is 0. The number of hydrogen-bond acceptors (Lipinski definition) is 7. The van der Waals surface area contributed by atoms with Crippen LogP contribution < -0.4 is 64.2 Å². The number of hydrogen-bond donors (Lipinski definition) is 0. The second-order valence-electron chi connectivity index (χ2n) is 8.33. The van der Waals surface area contributed by atoms with Crippen LogP contribution in [0.25, 0.3) is 0 Å². The summed E-state index contributed by atoms with van der Waals surface area (Å²) in [5.41, 5.74) is 0. The SMILES string of the molecule is CC/C=C/CCCCCCCC(=O)OC(CCCCCCCC(=O)[O-])C(CC)S(=O)(=O)[O-].[Na+].[Na+]. The van der Waals surface area contributed by atoms with Crippen molar-refractivity contribution in [2.24, 2.45) is 0 Å². The van der Waals surface area contributed by atoms with Gasteiger partial charge in [-0.05, 0) is 57.8 Å². The Morgan fingerprint density at radius 1 is 0.824 bits per heavy atom. The molecule has 0 aliphatic heterocycles. The summed E-state index contributed by atoms with van der Waals surface area (Å²) in [4.78, 5) is 22.7. The van der Waals surface area contributed by atoms with E-state index in [4.69, 9.17) is 4.74 Å². The smallest absolute Gasteiger partial charge is 0.748 e. The molecule has 0 heterocycles. The van der Waals surface area contributed by atoms with Gasteiger partial charge in [0.05, 0.1) is 5.25 Å². The molecular formula is C24H42Na2O7S. The Kier molecular flexibility index (Phi) is 29.0. The molecule has 34 heavy (non-hydrogen) atoms. The average Bonchev–Trinajstić information content (AvgIpc) is 2.70. The second-order valence-corrected chi connectivity index (χ2v) is 9.92. The van der Waals surface area contributed by atoms with Crippen molar-refractivity contribution in [3.8, 4) is 0 Å². The standard InChI is InChI=1S/C24H44O7S.2Na/c1-3-5-6-7-8-9-10-14-17-20-24(27)31-21(22(4-2)32(28,29)30)18-15-12-11-13-16-19-23(25)26;;/h5-6,21-22H,3-4,7-20H2,1-2H3,(H,25,26)(H,28,29,30);;/q;2*+1/p-2/b6-5+;;. The van der Waals surface area contributed by atoms with Gasteiger partial charge in [0.2, 0.25) is 0 Å². The fraction of sp³-hybridized carbons (Fsp3) is 0.833. The molecular weight excluding hydrogens is 478 g/mol. The maximum Gasteiger partial charge on any atom is 1.00 e. The van der Waals surface area contributed by atoms with Gasteiger partial charge in [-0.2, -0.15) is 0 Å². The second kappa shape index (κ2) is 25.2. The number of esters is 1. The minimum absolute atomic E-state index is 0. The van der Waals surface area contributed by atoms with Crippen LogP contribution in [0, 0.1) is 0 Å². The van der Waals surface area contributed by atoms with Crippen LogP contribution in [0.1, 0.15) is 117 Å². The largest absolute Gasteiger partial charge is 1.00 e. The van der Waals surface area contributed by atoms with E-state index in [0.717, 1.165) is 57.8 Å². The molecule has 0 fully saturated rings. The normalized spacial score (nSPS) is 13.0. The van der Waals surface area contributed by atoms with Crippen LogP contribution in [0.5, 0.6) is 0 Å². The molecule has 0 saturated heterocycles. The maximum atomic E-state index is 12.3. The van der Waals surface area contributed by atoms with E-state index in [1.54, 1.807) is 6.92 Å². The number of unbranched alkanes of at least 4 members (excludes halogenated alkanes) is 9. The van der Waals surface area contributed by atoms with E-state index in [9.17, 15) is 27.7 Å². The Morgan fingerprint density at radius 3 is 1.88 bits per heavy atom. The Balaban J connectivity index is -0.00000480. The van der Waals surface area contributed by atoms with E-state index in [1.807, 2.05) is 0 Å². The van der Waals surface area contributed by atoms with Gasteiger partial charge in [-0.15, -0.1) is 0 Å². The summed E-state index contributed by atoms with van der Waals surface area (Å²) < 4.78 is 40.4. The van der Waals surface area contributed by atoms with E-state index in [0.29, 0.717) is 25.7 Å². The molecule has 0 aliphatic carbocycles. The summed E-state index contributed by atoms with van der Waals surface area (Å²) in [7, 11) is -4.57. The van der Waals surface area contributed by atoms with Crippen molar-refractivity contribution < 1.29 is 91.5 Å². The van der Waals surface area contributed by atoms with Gasteiger partial charge in [-0.3, -0.25) is 4.79 Å². The van der Waals surface area contributed by atoms with Gasteiger partial charge in [0.15, 0.2) is 0 Å². The summed E-state index contributed by atoms with van der Waals surface area (Å²) in [5, 5.41) is 9.17. The first-order valence-corrected chi connectivity index (χ1v) is 13.7. The number of carboxylic acids is 1. The molecule has 2 unspecified atom stereocenters. The summed E-state index contributed by atoms with van der Waals surface area (Å²) in [6.07, 6.45) is 14.6. The molecule has 0 aromatic rings. The molecule has 0 amide bonds. The van der Waals surface area contributed by atoms with Gasteiger partial charge >= 0.3 is 65.1 Å². The third kappa shape index (κ3) is 23.0. The molecule has 0 rings (SSSR count). The van der Waals surface area contributed by atoms with Crippen LogP contribution in [-0.4, -0.2) is 36.3 Å². The van der Waals surface area contributed by atoms with E-state index in [-0.39, 0.29) is 78.4 Å². The van der Waals surface area contributed by atoms with Crippen LogP contribution in [0.3, 0.4) is 0 Å². The van der Waals surface area contributed by atoms with Crippen LogP contribution in [0.4, 0.5) is 0 Å². The maximum absolute atomic E-state index is 12.3. The Morgan fingerprint density at radius 2 is 1.35 bits per heavy atom. The Labute approximate surface area is 251 Å². The molecule has 188 valence electrons. The molecule has 0 aromatic carbocycles. The molecule has 7 nitrogen and oxygen atoms in total. The zero-order valence-corrected chi connectivity index (χ0v) is 26.7. The van der Waals surface area contributed by atoms with Crippen molar-refractivity contribution in [3.63, 3.8) is 0 Å². The molecule has 10 heteroatoms. The molecule has 0 spiro atoms. The summed E-state index contributed by atoms with van der Waals surface area (Å²) >= 11 is 0. The number of aliphatic carboxylic acids is 1. The fourth-order valence-electron chi connectivity index (χ4n) is 3.69. The first-order chi connectivity index (χ1) is 15.2. The molecule has 0 aromatic heterocycles. The van der Waals surface area contributed by atoms with Crippen molar-refractivity contribution in [1.29, 1.82) is 0 Å². The van der Waals surface area contributed by atoms with Crippen molar-refractivity contribution in [2.45, 2.75) is 128 Å². The van der Waals surface area contributed by atoms with Crippen LogP contribution in [-0.2, 0) is 24.4 Å².